The third kappa shape index (κ3) is 58600. The SMILES string of the molecule is O.O.O.O=[N+]([O-])[O-].[InH3]. The second-order valence-electron chi connectivity index (χ2n) is 0.224. The fourth-order valence-corrected chi connectivity index (χ4v) is 0. The zero-order chi connectivity index (χ0) is 3.58. The van der Waals surface area contributed by atoms with Crippen LogP contribution in [-0.2, 0) is 0 Å². The summed E-state index contributed by atoms with van der Waals surface area (Å²) in [4.78, 5) is 8.25. The summed E-state index contributed by atoms with van der Waals surface area (Å²) >= 11 is 0. The molecule has 6 N–H and O–H groups in total. The fraction of sp³-hybridized carbons (Fsp3) is 0. The summed E-state index contributed by atoms with van der Waals surface area (Å²) < 4.78 is 0. The van der Waals surface area contributed by atoms with E-state index < -0.39 is 5.09 Å². The van der Waals surface area contributed by atoms with E-state index in [2.05, 4.69) is 0 Å². The van der Waals surface area contributed by atoms with Gasteiger partial charge in [0, 0.05) is 0 Å². The van der Waals surface area contributed by atoms with Crippen LogP contribution in [0.4, 0.5) is 0 Å². The van der Waals surface area contributed by atoms with E-state index >= 15 is 0 Å². The van der Waals surface area contributed by atoms with Gasteiger partial charge in [-0.2, -0.15) is 0 Å². The van der Waals surface area contributed by atoms with Crippen LogP contribution in [0.25, 0.3) is 0 Å². The zero-order valence-electron chi connectivity index (χ0n) is 3.17. The first-order valence-electron chi connectivity index (χ1n) is 0.548. The van der Waals surface area contributed by atoms with Crippen LogP contribution in [0.2, 0.25) is 0 Å². The summed E-state index contributed by atoms with van der Waals surface area (Å²) in [5, 5.41) is 14.8. The molecule has 0 fully saturated rings. The Morgan fingerprint density at radius 2 is 1.00 bits per heavy atom. The van der Waals surface area contributed by atoms with Crippen LogP contribution in [0, 0.1) is 15.3 Å². The standard InChI is InChI=1S/In.NO3.3H2O.3H/c;2-1(3)4;;;;;;/h;;3*1H2;;;/q;-1;;;;;;. The number of hydrogen-bond donors (Lipinski definition) is 0. The molecule has 0 radical (unpaired) electrons. The van der Waals surface area contributed by atoms with Crippen molar-refractivity contribution in [1.29, 1.82) is 0 Å². The van der Waals surface area contributed by atoms with Crippen molar-refractivity contribution in [2.24, 2.45) is 0 Å². The first-order valence-corrected chi connectivity index (χ1v) is 0.548. The molecule has 7 nitrogen and oxygen atoms in total. The van der Waals surface area contributed by atoms with Gasteiger partial charge in [0.25, 0.3) is 0 Å². The first-order chi connectivity index (χ1) is 1.73. The van der Waals surface area contributed by atoms with Gasteiger partial charge in [0.05, 0.1) is 5.09 Å². The molecule has 0 amide bonds. The van der Waals surface area contributed by atoms with Gasteiger partial charge in [0.1, 0.15) is 0 Å². The molecule has 0 atom stereocenters. The average molecular weight is 234 g/mol. The molecule has 54 valence electrons. The molecule has 0 bridgehead atoms. The molecule has 0 unspecified atom stereocenters. The van der Waals surface area contributed by atoms with Gasteiger partial charge in [-0.25, -0.2) is 0 Å². The van der Waals surface area contributed by atoms with E-state index in [0.29, 0.717) is 0 Å². The summed E-state index contributed by atoms with van der Waals surface area (Å²) in [6.45, 7) is 0. The van der Waals surface area contributed by atoms with Crippen molar-refractivity contribution in [1.82, 2.24) is 0 Å². The van der Waals surface area contributed by atoms with Gasteiger partial charge in [-0.3, -0.25) is 0 Å². The molecule has 0 heterocycles. The molecule has 0 aliphatic rings. The summed E-state index contributed by atoms with van der Waals surface area (Å²) in [6.07, 6.45) is 0. The topological polar surface area (TPSA) is 161 Å². The van der Waals surface area contributed by atoms with Crippen LogP contribution in [0.3, 0.4) is 0 Å². The van der Waals surface area contributed by atoms with Gasteiger partial charge in [-0.05, 0) is 0 Å². The molecular weight excluding hydrogens is 225 g/mol. The Labute approximate surface area is 63.1 Å². The molecule has 8 heteroatoms. The molecule has 0 aliphatic carbocycles. The van der Waals surface area contributed by atoms with Gasteiger partial charge in [-0.1, -0.05) is 0 Å². The zero-order valence-corrected chi connectivity index (χ0v) is 3.17. The van der Waals surface area contributed by atoms with Crippen molar-refractivity contribution in [2.75, 3.05) is 0 Å². The van der Waals surface area contributed by atoms with E-state index in [1.54, 1.807) is 0 Å². The van der Waals surface area contributed by atoms with Crippen molar-refractivity contribution in [3.63, 3.8) is 0 Å². The third-order valence-electron chi connectivity index (χ3n) is 0. The van der Waals surface area contributed by atoms with Crippen LogP contribution in [-0.4, -0.2) is 47.4 Å². The molecule has 0 aromatic heterocycles. The number of nitrogens with zero attached hydrogens (tertiary/aromatic N) is 1. The van der Waals surface area contributed by atoms with Gasteiger partial charge >= 0.3 is 25.8 Å². The van der Waals surface area contributed by atoms with Gasteiger partial charge in [-0.15, -0.1) is 0 Å². The summed E-state index contributed by atoms with van der Waals surface area (Å²) in [5.74, 6) is 0. The van der Waals surface area contributed by atoms with E-state index in [4.69, 9.17) is 15.3 Å². The van der Waals surface area contributed by atoms with Gasteiger partial charge < -0.3 is 31.8 Å². The molecule has 0 aromatic rings. The molecule has 0 spiro atoms. The van der Waals surface area contributed by atoms with Crippen molar-refractivity contribution < 1.29 is 21.5 Å². The molecule has 0 saturated carbocycles. The average Bonchev–Trinajstić information content (AvgIpc) is 0.811. The second kappa shape index (κ2) is 28.3. The fourth-order valence-electron chi connectivity index (χ4n) is 0. The number of rotatable bonds is 0. The molecule has 0 aromatic carbocycles. The summed E-state index contributed by atoms with van der Waals surface area (Å²) in [7, 11) is 0. The molecule has 8 heavy (non-hydrogen) atoms. The Hall–Kier alpha value is -0.0499. The van der Waals surface area contributed by atoms with E-state index in [9.17, 15) is 0 Å². The monoisotopic (exact) mass is 234 g/mol. The third-order valence-corrected chi connectivity index (χ3v) is 0. The molecule has 0 aliphatic heterocycles. The Morgan fingerprint density at radius 3 is 1.00 bits per heavy atom. The van der Waals surface area contributed by atoms with Gasteiger partial charge in [0.15, 0.2) is 0 Å². The van der Waals surface area contributed by atoms with Crippen LogP contribution < -0.4 is 0 Å². The Kier molecular flexibility index (Phi) is 156. The minimum atomic E-state index is -1.75. The Morgan fingerprint density at radius 1 is 1.00 bits per heavy atom. The van der Waals surface area contributed by atoms with Crippen LogP contribution in [0.15, 0.2) is 0 Å². The molecule has 0 rings (SSSR count). The van der Waals surface area contributed by atoms with Crippen LogP contribution >= 0.6 is 0 Å². The van der Waals surface area contributed by atoms with Crippen molar-refractivity contribution in [3.8, 4) is 0 Å². The quantitative estimate of drug-likeness (QED) is 0.309. The minimum absolute atomic E-state index is 0. The number of hydrogen-bond acceptors (Lipinski definition) is 3. The molecular formula is H9InNO6-. The maximum absolute atomic E-state index is 8.25. The summed E-state index contributed by atoms with van der Waals surface area (Å²) in [6, 6.07) is 0. The van der Waals surface area contributed by atoms with E-state index in [1.165, 1.54) is 0 Å². The predicted octanol–water partition coefficient (Wildman–Crippen LogP) is -3.90. The van der Waals surface area contributed by atoms with E-state index in [0.717, 1.165) is 0 Å². The van der Waals surface area contributed by atoms with Gasteiger partial charge in [0.2, 0.25) is 0 Å². The molecule has 0 saturated heterocycles. The predicted molar refractivity (Wildman–Crippen MR) is 31.1 cm³/mol. The van der Waals surface area contributed by atoms with Crippen molar-refractivity contribution >= 4 is 25.8 Å². The van der Waals surface area contributed by atoms with Crippen molar-refractivity contribution in [2.45, 2.75) is 0 Å². The first kappa shape index (κ1) is 44.1. The maximum atomic E-state index is 8.25. The van der Waals surface area contributed by atoms with E-state index in [1.807, 2.05) is 0 Å². The van der Waals surface area contributed by atoms with E-state index in [-0.39, 0.29) is 42.3 Å². The van der Waals surface area contributed by atoms with Crippen molar-refractivity contribution in [3.05, 3.63) is 15.3 Å². The van der Waals surface area contributed by atoms with Crippen LogP contribution in [0.1, 0.15) is 0 Å². The van der Waals surface area contributed by atoms with Crippen LogP contribution in [0.5, 0.6) is 0 Å². The Balaban J connectivity index is -0.00000000750. The Bertz CT molecular complexity index is 31.5. The normalized spacial score (nSPS) is 3.00. The summed E-state index contributed by atoms with van der Waals surface area (Å²) in [5.41, 5.74) is 0. The second-order valence-corrected chi connectivity index (χ2v) is 0.224.